The Morgan fingerprint density at radius 1 is 1.31 bits per heavy atom. The molecule has 0 aliphatic rings. The molecule has 0 spiro atoms. The topological polar surface area (TPSA) is 93.8 Å². The van der Waals surface area contributed by atoms with Crippen molar-refractivity contribution in [2.24, 2.45) is 0 Å². The average molecular weight is 220 g/mol. The molecule has 2 rings (SSSR count). The summed E-state index contributed by atoms with van der Waals surface area (Å²) in [5.74, 6) is 0.513. The fourth-order valence-corrected chi connectivity index (χ4v) is 1.35. The Morgan fingerprint density at radius 3 is 2.62 bits per heavy atom. The number of aliphatic hydroxyl groups is 1. The van der Waals surface area contributed by atoms with Crippen LogP contribution in [0.4, 0.5) is 5.69 Å². The molecule has 0 saturated carbocycles. The molecular weight excluding hydrogens is 208 g/mol. The minimum absolute atomic E-state index is 0.0917. The Labute approximate surface area is 91.3 Å². The molecule has 1 heterocycles. The van der Waals surface area contributed by atoms with Crippen LogP contribution in [0, 0.1) is 0 Å². The summed E-state index contributed by atoms with van der Waals surface area (Å²) in [5.41, 5.74) is 1.42. The monoisotopic (exact) mass is 220 g/mol. The number of rotatable bonds is 4. The van der Waals surface area contributed by atoms with E-state index in [4.69, 9.17) is 5.11 Å². The van der Waals surface area contributed by atoms with E-state index >= 15 is 0 Å². The number of anilines is 1. The minimum atomic E-state index is -0.322. The van der Waals surface area contributed by atoms with Crippen LogP contribution in [0.2, 0.25) is 0 Å². The van der Waals surface area contributed by atoms with Crippen LogP contribution in [0.15, 0.2) is 29.1 Å². The van der Waals surface area contributed by atoms with E-state index in [1.54, 1.807) is 0 Å². The van der Waals surface area contributed by atoms with Gasteiger partial charge in [0.15, 0.2) is 5.82 Å². The van der Waals surface area contributed by atoms with Gasteiger partial charge in [0.25, 0.3) is 0 Å². The number of aliphatic hydroxyl groups excluding tert-OH is 1. The lowest BCUT2D eigenvalue weighted by Gasteiger charge is -2.04. The number of hydrogen-bond donors (Lipinski definition) is 4. The fraction of sp³-hybridized carbons (Fsp3) is 0.200. The Hall–Kier alpha value is -2.08. The molecule has 0 aliphatic heterocycles. The summed E-state index contributed by atoms with van der Waals surface area (Å²) in [4.78, 5) is 13.4. The van der Waals surface area contributed by atoms with Crippen molar-refractivity contribution in [1.29, 1.82) is 0 Å². The van der Waals surface area contributed by atoms with Gasteiger partial charge in [-0.05, 0) is 24.3 Å². The number of aromatic nitrogens is 3. The molecule has 0 unspecified atom stereocenters. The van der Waals surface area contributed by atoms with Crippen molar-refractivity contribution >= 4 is 5.69 Å². The number of benzene rings is 1. The van der Waals surface area contributed by atoms with E-state index in [0.717, 1.165) is 11.3 Å². The van der Waals surface area contributed by atoms with Crippen molar-refractivity contribution in [2.45, 2.75) is 0 Å². The zero-order valence-corrected chi connectivity index (χ0v) is 8.53. The standard InChI is InChI=1S/C10H12N4O2/c15-6-5-11-8-3-1-7(2-4-8)9-12-10(16)14-13-9/h1-4,11,15H,5-6H2,(H2,12,13,14,16). The Balaban J connectivity index is 2.16. The zero-order chi connectivity index (χ0) is 11.4. The normalized spacial score (nSPS) is 10.3. The van der Waals surface area contributed by atoms with Crippen molar-refractivity contribution in [2.75, 3.05) is 18.5 Å². The van der Waals surface area contributed by atoms with E-state index in [0.29, 0.717) is 12.4 Å². The lowest BCUT2D eigenvalue weighted by Crippen LogP contribution is -2.04. The Morgan fingerprint density at radius 2 is 2.06 bits per heavy atom. The van der Waals surface area contributed by atoms with Gasteiger partial charge in [-0.25, -0.2) is 9.89 Å². The summed E-state index contributed by atoms with van der Waals surface area (Å²) >= 11 is 0. The van der Waals surface area contributed by atoms with E-state index in [-0.39, 0.29) is 12.3 Å². The fourth-order valence-electron chi connectivity index (χ4n) is 1.35. The summed E-state index contributed by atoms with van der Waals surface area (Å²) in [6.45, 7) is 0.604. The number of H-pyrrole nitrogens is 2. The van der Waals surface area contributed by atoms with Crippen LogP contribution in [-0.2, 0) is 0 Å². The first-order valence-corrected chi connectivity index (χ1v) is 4.89. The van der Waals surface area contributed by atoms with E-state index in [1.807, 2.05) is 24.3 Å². The first kappa shape index (κ1) is 10.4. The highest BCUT2D eigenvalue weighted by molar-refractivity contribution is 5.59. The third-order valence-electron chi connectivity index (χ3n) is 2.10. The second kappa shape index (κ2) is 4.63. The van der Waals surface area contributed by atoms with E-state index < -0.39 is 0 Å². The second-order valence-electron chi connectivity index (χ2n) is 3.25. The Bertz CT molecular complexity index is 500. The number of nitrogens with one attached hydrogen (secondary N) is 3. The summed E-state index contributed by atoms with van der Waals surface area (Å²) < 4.78 is 0. The predicted molar refractivity (Wildman–Crippen MR) is 60.2 cm³/mol. The maximum atomic E-state index is 10.9. The molecule has 0 saturated heterocycles. The summed E-state index contributed by atoms with van der Waals surface area (Å²) in [5, 5.41) is 17.8. The molecule has 16 heavy (non-hydrogen) atoms. The largest absolute Gasteiger partial charge is 0.395 e. The van der Waals surface area contributed by atoms with E-state index in [9.17, 15) is 4.79 Å². The van der Waals surface area contributed by atoms with Crippen LogP contribution in [-0.4, -0.2) is 33.4 Å². The van der Waals surface area contributed by atoms with Crippen molar-refractivity contribution < 1.29 is 5.11 Å². The van der Waals surface area contributed by atoms with Crippen LogP contribution in [0.1, 0.15) is 0 Å². The molecule has 0 aliphatic carbocycles. The molecule has 0 fully saturated rings. The molecule has 1 aromatic carbocycles. The van der Waals surface area contributed by atoms with Crippen LogP contribution in [0.3, 0.4) is 0 Å². The smallest absolute Gasteiger partial charge is 0.340 e. The van der Waals surface area contributed by atoms with Crippen LogP contribution in [0.25, 0.3) is 11.4 Å². The quantitative estimate of drug-likeness (QED) is 0.590. The number of nitrogens with zero attached hydrogens (tertiary/aromatic N) is 1. The van der Waals surface area contributed by atoms with Crippen LogP contribution >= 0.6 is 0 Å². The second-order valence-corrected chi connectivity index (χ2v) is 3.25. The van der Waals surface area contributed by atoms with Gasteiger partial charge in [0, 0.05) is 17.8 Å². The molecule has 0 bridgehead atoms. The van der Waals surface area contributed by atoms with Crippen LogP contribution < -0.4 is 11.0 Å². The van der Waals surface area contributed by atoms with Gasteiger partial charge in [0.1, 0.15) is 0 Å². The van der Waals surface area contributed by atoms with Gasteiger partial charge < -0.3 is 10.4 Å². The predicted octanol–water partition coefficient (Wildman–Crippen LogP) is 0.169. The van der Waals surface area contributed by atoms with E-state index in [1.165, 1.54) is 0 Å². The third kappa shape index (κ3) is 2.29. The summed E-state index contributed by atoms with van der Waals surface area (Å²) in [6.07, 6.45) is 0. The highest BCUT2D eigenvalue weighted by Crippen LogP contribution is 2.16. The molecule has 84 valence electrons. The van der Waals surface area contributed by atoms with E-state index in [2.05, 4.69) is 20.5 Å². The highest BCUT2D eigenvalue weighted by atomic mass is 16.3. The molecule has 2 aromatic rings. The van der Waals surface area contributed by atoms with Crippen molar-refractivity contribution in [1.82, 2.24) is 15.2 Å². The molecule has 4 N–H and O–H groups in total. The van der Waals surface area contributed by atoms with Crippen molar-refractivity contribution in [3.8, 4) is 11.4 Å². The van der Waals surface area contributed by atoms with Gasteiger partial charge in [0.2, 0.25) is 0 Å². The van der Waals surface area contributed by atoms with Gasteiger partial charge in [-0.3, -0.25) is 4.98 Å². The molecule has 6 heteroatoms. The lowest BCUT2D eigenvalue weighted by atomic mass is 10.2. The highest BCUT2D eigenvalue weighted by Gasteiger charge is 2.01. The third-order valence-corrected chi connectivity index (χ3v) is 2.10. The van der Waals surface area contributed by atoms with Crippen LogP contribution in [0.5, 0.6) is 0 Å². The average Bonchev–Trinajstić information content (AvgIpc) is 2.74. The Kier molecular flexibility index (Phi) is 3.02. The first-order chi connectivity index (χ1) is 7.79. The van der Waals surface area contributed by atoms with Gasteiger partial charge in [-0.15, -0.1) is 0 Å². The maximum Gasteiger partial charge on any atom is 0.340 e. The molecular formula is C10H12N4O2. The van der Waals surface area contributed by atoms with Crippen molar-refractivity contribution in [3.63, 3.8) is 0 Å². The molecule has 0 amide bonds. The molecule has 1 aromatic heterocycles. The molecule has 0 radical (unpaired) electrons. The minimum Gasteiger partial charge on any atom is -0.395 e. The molecule has 0 atom stereocenters. The van der Waals surface area contributed by atoms with Gasteiger partial charge in [-0.1, -0.05) is 0 Å². The zero-order valence-electron chi connectivity index (χ0n) is 8.53. The number of hydrogen-bond acceptors (Lipinski definition) is 4. The molecule has 6 nitrogen and oxygen atoms in total. The van der Waals surface area contributed by atoms with Gasteiger partial charge >= 0.3 is 5.69 Å². The maximum absolute atomic E-state index is 10.9. The summed E-state index contributed by atoms with van der Waals surface area (Å²) in [7, 11) is 0. The number of aromatic amines is 2. The first-order valence-electron chi connectivity index (χ1n) is 4.89. The van der Waals surface area contributed by atoms with Gasteiger partial charge in [-0.2, -0.15) is 5.10 Å². The van der Waals surface area contributed by atoms with Gasteiger partial charge in [0.05, 0.1) is 6.61 Å². The van der Waals surface area contributed by atoms with Crippen molar-refractivity contribution in [3.05, 3.63) is 34.7 Å². The SMILES string of the molecule is O=c1[nH]nc(-c2ccc(NCCO)cc2)[nH]1. The summed E-state index contributed by atoms with van der Waals surface area (Å²) in [6, 6.07) is 7.40. The lowest BCUT2D eigenvalue weighted by molar-refractivity contribution is 0.311.